The van der Waals surface area contributed by atoms with Crippen LogP contribution in [0.4, 0.5) is 4.79 Å². The summed E-state index contributed by atoms with van der Waals surface area (Å²) in [5.41, 5.74) is 0.554. The molecule has 0 spiro atoms. The van der Waals surface area contributed by atoms with Crippen LogP contribution < -0.4 is 10.6 Å². The summed E-state index contributed by atoms with van der Waals surface area (Å²) in [6, 6.07) is 6.10. The van der Waals surface area contributed by atoms with Crippen LogP contribution in [0, 0.1) is 11.8 Å². The number of nitrogens with one attached hydrogen (secondary N) is 2. The molecule has 5 heteroatoms. The summed E-state index contributed by atoms with van der Waals surface area (Å²) in [5.74, 6) is 0.780. The van der Waals surface area contributed by atoms with Crippen molar-refractivity contribution in [1.29, 1.82) is 0 Å². The molecule has 0 radical (unpaired) electrons. The van der Waals surface area contributed by atoms with E-state index in [2.05, 4.69) is 36.4 Å². The number of aromatic nitrogens is 1. The molecule has 1 heterocycles. The van der Waals surface area contributed by atoms with Crippen LogP contribution in [0.5, 0.6) is 0 Å². The number of ether oxygens (including phenoxy) is 1. The molecule has 2 N–H and O–H groups in total. The molecule has 23 heavy (non-hydrogen) atoms. The molecule has 0 saturated carbocycles. The maximum atomic E-state index is 11.8. The highest BCUT2D eigenvalue weighted by atomic mass is 16.6. The Morgan fingerprint density at radius 2 is 1.91 bits per heavy atom. The van der Waals surface area contributed by atoms with Crippen molar-refractivity contribution >= 4 is 6.09 Å². The third kappa shape index (κ3) is 7.98. The third-order valence-electron chi connectivity index (χ3n) is 3.67. The minimum Gasteiger partial charge on any atom is -0.444 e. The van der Waals surface area contributed by atoms with Crippen LogP contribution in [-0.2, 0) is 4.74 Å². The normalized spacial score (nSPS) is 14.4. The van der Waals surface area contributed by atoms with Gasteiger partial charge in [0.2, 0.25) is 0 Å². The van der Waals surface area contributed by atoms with Gasteiger partial charge in [0, 0.05) is 25.3 Å². The number of rotatable bonds is 7. The zero-order valence-electron chi connectivity index (χ0n) is 15.2. The van der Waals surface area contributed by atoms with E-state index in [1.807, 2.05) is 39.0 Å². The Bertz CT molecular complexity index is 469. The topological polar surface area (TPSA) is 63.2 Å². The Morgan fingerprint density at radius 3 is 2.43 bits per heavy atom. The van der Waals surface area contributed by atoms with Gasteiger partial charge in [0.05, 0.1) is 5.69 Å². The molecule has 1 aromatic heterocycles. The second-order valence-corrected chi connectivity index (χ2v) is 7.27. The Morgan fingerprint density at radius 1 is 1.22 bits per heavy atom. The Balaban J connectivity index is 2.45. The van der Waals surface area contributed by atoms with Crippen molar-refractivity contribution in [2.45, 2.75) is 53.2 Å². The molecule has 130 valence electrons. The van der Waals surface area contributed by atoms with E-state index in [4.69, 9.17) is 4.74 Å². The van der Waals surface area contributed by atoms with Crippen LogP contribution in [-0.4, -0.2) is 29.8 Å². The van der Waals surface area contributed by atoms with Gasteiger partial charge in [0.15, 0.2) is 0 Å². The molecule has 1 unspecified atom stereocenters. The van der Waals surface area contributed by atoms with Crippen LogP contribution in [0.3, 0.4) is 0 Å². The summed E-state index contributed by atoms with van der Waals surface area (Å²) in [6.45, 7) is 13.4. The zero-order chi connectivity index (χ0) is 17.5. The molecule has 0 aliphatic carbocycles. The van der Waals surface area contributed by atoms with E-state index in [1.54, 1.807) is 6.20 Å². The average molecular weight is 321 g/mol. The van der Waals surface area contributed by atoms with Gasteiger partial charge in [-0.1, -0.05) is 19.9 Å². The lowest BCUT2D eigenvalue weighted by atomic mass is 9.95. The van der Waals surface area contributed by atoms with Crippen LogP contribution in [0.25, 0.3) is 0 Å². The first-order valence-electron chi connectivity index (χ1n) is 8.30. The van der Waals surface area contributed by atoms with Crippen LogP contribution in [0.2, 0.25) is 0 Å². The molecule has 5 nitrogen and oxygen atoms in total. The van der Waals surface area contributed by atoms with Gasteiger partial charge in [-0.2, -0.15) is 0 Å². The second kappa shape index (κ2) is 8.87. The minimum atomic E-state index is -0.469. The van der Waals surface area contributed by atoms with E-state index in [0.29, 0.717) is 18.4 Å². The lowest BCUT2D eigenvalue weighted by Gasteiger charge is -2.25. The Kier molecular flexibility index (Phi) is 7.49. The summed E-state index contributed by atoms with van der Waals surface area (Å²) in [4.78, 5) is 16.1. The molecular weight excluding hydrogens is 290 g/mol. The van der Waals surface area contributed by atoms with Crippen LogP contribution >= 0.6 is 0 Å². The van der Waals surface area contributed by atoms with Gasteiger partial charge < -0.3 is 15.4 Å². The second-order valence-electron chi connectivity index (χ2n) is 7.27. The smallest absolute Gasteiger partial charge is 0.407 e. The molecule has 1 aromatic rings. The first kappa shape index (κ1) is 19.4. The van der Waals surface area contributed by atoms with Gasteiger partial charge in [0.1, 0.15) is 5.60 Å². The number of hydrogen-bond acceptors (Lipinski definition) is 4. The molecule has 1 rings (SSSR count). The number of pyridine rings is 1. The number of amides is 1. The highest BCUT2D eigenvalue weighted by molar-refractivity contribution is 5.67. The highest BCUT2D eigenvalue weighted by Crippen LogP contribution is 2.13. The minimum absolute atomic E-state index is 0.180. The Hall–Kier alpha value is -1.62. The van der Waals surface area contributed by atoms with E-state index < -0.39 is 5.60 Å². The Labute approximate surface area is 140 Å². The van der Waals surface area contributed by atoms with Gasteiger partial charge in [-0.05, 0) is 51.7 Å². The predicted molar refractivity (Wildman–Crippen MR) is 93.2 cm³/mol. The van der Waals surface area contributed by atoms with Gasteiger partial charge in [0.25, 0.3) is 0 Å². The van der Waals surface area contributed by atoms with E-state index in [-0.39, 0.29) is 12.1 Å². The molecule has 0 aliphatic heterocycles. The average Bonchev–Trinajstić information content (AvgIpc) is 2.45. The van der Waals surface area contributed by atoms with Crippen molar-refractivity contribution in [3.8, 4) is 0 Å². The summed E-state index contributed by atoms with van der Waals surface area (Å²) < 4.78 is 5.28. The SMILES string of the molecule is CC(C)C(CNC(=O)OC(C)(C)C)CN[C@H](C)c1ccccn1. The first-order valence-corrected chi connectivity index (χ1v) is 8.30. The molecule has 0 aliphatic rings. The number of carbonyl (C=O) groups is 1. The van der Waals surface area contributed by atoms with Gasteiger partial charge in [-0.25, -0.2) is 4.79 Å². The fourth-order valence-electron chi connectivity index (χ4n) is 2.14. The first-order chi connectivity index (χ1) is 10.7. The largest absolute Gasteiger partial charge is 0.444 e. The number of nitrogens with zero attached hydrogens (tertiary/aromatic N) is 1. The standard InChI is InChI=1S/C18H31N3O2/c1-13(2)15(12-21-17(22)23-18(4,5)6)11-20-14(3)16-9-7-8-10-19-16/h7-10,13-15,20H,11-12H2,1-6H3,(H,21,22)/t14-,15?/m1/s1. The predicted octanol–water partition coefficient (Wildman–Crippen LogP) is 3.53. The molecule has 1 amide bonds. The molecule has 0 fully saturated rings. The monoisotopic (exact) mass is 321 g/mol. The summed E-state index contributed by atoms with van der Waals surface area (Å²) in [5, 5.41) is 6.37. The fraction of sp³-hybridized carbons (Fsp3) is 0.667. The molecule has 0 saturated heterocycles. The van der Waals surface area contributed by atoms with Crippen LogP contribution in [0.1, 0.15) is 53.3 Å². The lowest BCUT2D eigenvalue weighted by Crippen LogP contribution is -2.40. The molecule has 0 aromatic carbocycles. The molecule has 0 bridgehead atoms. The van der Waals surface area contributed by atoms with E-state index >= 15 is 0 Å². The van der Waals surface area contributed by atoms with E-state index in [9.17, 15) is 4.79 Å². The summed E-state index contributed by atoms with van der Waals surface area (Å²) >= 11 is 0. The van der Waals surface area contributed by atoms with Crippen molar-refractivity contribution < 1.29 is 9.53 Å². The summed E-state index contributed by atoms with van der Waals surface area (Å²) in [7, 11) is 0. The third-order valence-corrected chi connectivity index (χ3v) is 3.67. The van der Waals surface area contributed by atoms with Crippen molar-refractivity contribution in [3.63, 3.8) is 0 Å². The zero-order valence-corrected chi connectivity index (χ0v) is 15.2. The van der Waals surface area contributed by atoms with Gasteiger partial charge in [-0.15, -0.1) is 0 Å². The molecule has 2 atom stereocenters. The van der Waals surface area contributed by atoms with Crippen molar-refractivity contribution in [1.82, 2.24) is 15.6 Å². The van der Waals surface area contributed by atoms with E-state index in [1.165, 1.54) is 0 Å². The lowest BCUT2D eigenvalue weighted by molar-refractivity contribution is 0.0514. The van der Waals surface area contributed by atoms with Crippen molar-refractivity contribution in [2.24, 2.45) is 11.8 Å². The van der Waals surface area contributed by atoms with Crippen molar-refractivity contribution in [2.75, 3.05) is 13.1 Å². The fourth-order valence-corrected chi connectivity index (χ4v) is 2.14. The maximum absolute atomic E-state index is 11.8. The van der Waals surface area contributed by atoms with Gasteiger partial charge >= 0.3 is 6.09 Å². The number of alkyl carbamates (subject to hydrolysis) is 1. The summed E-state index contributed by atoms with van der Waals surface area (Å²) in [6.07, 6.45) is 1.44. The number of carbonyl (C=O) groups excluding carboxylic acids is 1. The quantitative estimate of drug-likeness (QED) is 0.806. The van der Waals surface area contributed by atoms with E-state index in [0.717, 1.165) is 12.2 Å². The maximum Gasteiger partial charge on any atom is 0.407 e. The highest BCUT2D eigenvalue weighted by Gasteiger charge is 2.19. The van der Waals surface area contributed by atoms with Gasteiger partial charge in [-0.3, -0.25) is 4.98 Å². The van der Waals surface area contributed by atoms with Crippen LogP contribution in [0.15, 0.2) is 24.4 Å². The molecular formula is C18H31N3O2. The number of hydrogen-bond donors (Lipinski definition) is 2. The van der Waals surface area contributed by atoms with Crippen molar-refractivity contribution in [3.05, 3.63) is 30.1 Å².